The van der Waals surface area contributed by atoms with Gasteiger partial charge >= 0.3 is 0 Å². The first-order valence-corrected chi connectivity index (χ1v) is 7.11. The van der Waals surface area contributed by atoms with Crippen molar-refractivity contribution in [3.8, 4) is 0 Å². The third kappa shape index (κ3) is 3.42. The Labute approximate surface area is 123 Å². The van der Waals surface area contributed by atoms with Crippen molar-refractivity contribution in [3.05, 3.63) is 71.3 Å². The third-order valence-corrected chi connectivity index (χ3v) is 3.48. The lowest BCUT2D eigenvalue weighted by molar-refractivity contribution is 0.0936. The third-order valence-electron chi connectivity index (χ3n) is 2.84. The Bertz CT molecular complexity index is 604. The molecule has 20 heavy (non-hydrogen) atoms. The number of rotatable bonds is 4. The Morgan fingerprint density at radius 1 is 1.15 bits per heavy atom. The monoisotopic (exact) mass is 339 g/mol. The fraction of sp³-hybridized carbons (Fsp3) is 0.133. The fourth-order valence-corrected chi connectivity index (χ4v) is 2.34. The number of nitrogens with one attached hydrogen (secondary N) is 1. The van der Waals surface area contributed by atoms with Crippen molar-refractivity contribution in [1.82, 2.24) is 5.32 Å². The summed E-state index contributed by atoms with van der Waals surface area (Å²) in [5.41, 5.74) is 0.730. The molecule has 0 radical (unpaired) electrons. The van der Waals surface area contributed by atoms with Gasteiger partial charge in [0.2, 0.25) is 0 Å². The Morgan fingerprint density at radius 3 is 2.45 bits per heavy atom. The van der Waals surface area contributed by atoms with Gasteiger partial charge in [-0.25, -0.2) is 8.78 Å². The predicted molar refractivity (Wildman–Crippen MR) is 76.8 cm³/mol. The summed E-state index contributed by atoms with van der Waals surface area (Å²) in [7, 11) is 0. The molecule has 0 aliphatic carbocycles. The first-order chi connectivity index (χ1) is 9.61. The van der Waals surface area contributed by atoms with Gasteiger partial charge < -0.3 is 5.32 Å². The summed E-state index contributed by atoms with van der Waals surface area (Å²) in [6, 6.07) is 11.9. The average Bonchev–Trinajstić information content (AvgIpc) is 2.45. The molecule has 0 aliphatic rings. The Kier molecular flexibility index (Phi) is 4.84. The molecule has 0 heterocycles. The molecule has 0 spiro atoms. The molecule has 2 rings (SSSR count). The van der Waals surface area contributed by atoms with E-state index in [0.717, 1.165) is 17.7 Å². The molecule has 1 N–H and O–H groups in total. The maximum Gasteiger partial charge on any atom is 0.254 e. The van der Waals surface area contributed by atoms with Gasteiger partial charge in [0, 0.05) is 11.4 Å². The minimum Gasteiger partial charge on any atom is -0.344 e. The lowest BCUT2D eigenvalue weighted by Gasteiger charge is -2.17. The summed E-state index contributed by atoms with van der Waals surface area (Å²) >= 11 is 3.32. The Morgan fingerprint density at radius 2 is 1.85 bits per heavy atom. The van der Waals surface area contributed by atoms with Gasteiger partial charge in [-0.15, -0.1) is 0 Å². The van der Waals surface area contributed by atoms with Crippen LogP contribution in [-0.2, 0) is 0 Å². The van der Waals surface area contributed by atoms with Crippen LogP contribution in [0.15, 0.2) is 48.5 Å². The zero-order valence-corrected chi connectivity index (χ0v) is 12.0. The molecule has 104 valence electrons. The highest BCUT2D eigenvalue weighted by Crippen LogP contribution is 2.17. The standard InChI is InChI=1S/C15H12BrF2NO/c16-9-14(10-4-2-1-3-5-10)19-15(20)12-7-6-11(17)8-13(12)18/h1-8,14H,9H2,(H,19,20). The summed E-state index contributed by atoms with van der Waals surface area (Å²) in [5, 5.41) is 3.20. The summed E-state index contributed by atoms with van der Waals surface area (Å²) in [5.74, 6) is -2.15. The van der Waals surface area contributed by atoms with Crippen molar-refractivity contribution in [1.29, 1.82) is 0 Å². The highest BCUT2D eigenvalue weighted by atomic mass is 79.9. The minimum absolute atomic E-state index is 0.173. The zero-order valence-electron chi connectivity index (χ0n) is 10.4. The molecule has 0 aliphatic heterocycles. The Balaban J connectivity index is 2.17. The minimum atomic E-state index is -0.871. The van der Waals surface area contributed by atoms with Crippen LogP contribution in [0.3, 0.4) is 0 Å². The van der Waals surface area contributed by atoms with Gasteiger partial charge in [-0.3, -0.25) is 4.79 Å². The van der Waals surface area contributed by atoms with Crippen molar-refractivity contribution >= 4 is 21.8 Å². The largest absolute Gasteiger partial charge is 0.344 e. The highest BCUT2D eigenvalue weighted by molar-refractivity contribution is 9.09. The maximum atomic E-state index is 13.5. The van der Waals surface area contributed by atoms with Crippen molar-refractivity contribution in [3.63, 3.8) is 0 Å². The fourth-order valence-electron chi connectivity index (χ4n) is 1.81. The van der Waals surface area contributed by atoms with E-state index in [1.165, 1.54) is 0 Å². The molecule has 0 aromatic heterocycles. The average molecular weight is 340 g/mol. The first kappa shape index (κ1) is 14.7. The van der Waals surface area contributed by atoms with E-state index < -0.39 is 17.5 Å². The van der Waals surface area contributed by atoms with Crippen LogP contribution in [0.2, 0.25) is 0 Å². The maximum absolute atomic E-state index is 13.5. The summed E-state index contributed by atoms with van der Waals surface area (Å²) in [6.45, 7) is 0. The van der Waals surface area contributed by atoms with Gasteiger partial charge in [-0.05, 0) is 17.7 Å². The molecule has 2 nitrogen and oxygen atoms in total. The van der Waals surface area contributed by atoms with Gasteiger partial charge in [0.15, 0.2) is 0 Å². The Hall–Kier alpha value is -1.75. The van der Waals surface area contributed by atoms with Gasteiger partial charge in [0.1, 0.15) is 11.6 Å². The number of amides is 1. The van der Waals surface area contributed by atoms with E-state index in [4.69, 9.17) is 0 Å². The highest BCUT2D eigenvalue weighted by Gasteiger charge is 2.17. The number of alkyl halides is 1. The van der Waals surface area contributed by atoms with Crippen LogP contribution < -0.4 is 5.32 Å². The van der Waals surface area contributed by atoms with Crippen LogP contribution in [0.5, 0.6) is 0 Å². The molecule has 1 unspecified atom stereocenters. The predicted octanol–water partition coefficient (Wildman–Crippen LogP) is 3.83. The van der Waals surface area contributed by atoms with Gasteiger partial charge in [0.05, 0.1) is 11.6 Å². The topological polar surface area (TPSA) is 29.1 Å². The normalized spacial score (nSPS) is 11.9. The van der Waals surface area contributed by atoms with Crippen molar-refractivity contribution in [2.24, 2.45) is 0 Å². The SMILES string of the molecule is O=C(NC(CBr)c1ccccc1)c1ccc(F)cc1F. The number of hydrogen-bond donors (Lipinski definition) is 1. The van der Waals surface area contributed by atoms with E-state index >= 15 is 0 Å². The molecular formula is C15H12BrF2NO. The first-order valence-electron chi connectivity index (χ1n) is 5.98. The second-order valence-electron chi connectivity index (χ2n) is 4.22. The van der Waals surface area contributed by atoms with E-state index in [2.05, 4.69) is 21.2 Å². The van der Waals surface area contributed by atoms with Crippen LogP contribution in [-0.4, -0.2) is 11.2 Å². The number of benzene rings is 2. The lowest BCUT2D eigenvalue weighted by Crippen LogP contribution is -2.30. The van der Waals surface area contributed by atoms with Crippen LogP contribution in [0.25, 0.3) is 0 Å². The molecule has 5 heteroatoms. The van der Waals surface area contributed by atoms with Gasteiger partial charge in [-0.1, -0.05) is 46.3 Å². The second-order valence-corrected chi connectivity index (χ2v) is 4.86. The molecule has 0 bridgehead atoms. The van der Waals surface area contributed by atoms with Crippen LogP contribution in [0, 0.1) is 11.6 Å². The number of hydrogen-bond acceptors (Lipinski definition) is 1. The van der Waals surface area contributed by atoms with Crippen LogP contribution in [0.4, 0.5) is 8.78 Å². The lowest BCUT2D eigenvalue weighted by atomic mass is 10.1. The van der Waals surface area contributed by atoms with Crippen LogP contribution in [0.1, 0.15) is 22.0 Å². The van der Waals surface area contributed by atoms with Gasteiger partial charge in [-0.2, -0.15) is 0 Å². The van der Waals surface area contributed by atoms with Crippen molar-refractivity contribution in [2.75, 3.05) is 5.33 Å². The van der Waals surface area contributed by atoms with E-state index in [1.54, 1.807) is 0 Å². The molecule has 2 aromatic rings. The van der Waals surface area contributed by atoms with Crippen LogP contribution >= 0.6 is 15.9 Å². The second kappa shape index (κ2) is 6.61. The molecule has 0 fully saturated rings. The van der Waals surface area contributed by atoms with Crippen molar-refractivity contribution in [2.45, 2.75) is 6.04 Å². The van der Waals surface area contributed by atoms with E-state index in [1.807, 2.05) is 30.3 Å². The molecular weight excluding hydrogens is 328 g/mol. The van der Waals surface area contributed by atoms with Gasteiger partial charge in [0.25, 0.3) is 5.91 Å². The molecule has 0 saturated heterocycles. The zero-order chi connectivity index (χ0) is 14.5. The molecule has 2 aromatic carbocycles. The summed E-state index contributed by atoms with van der Waals surface area (Å²) in [6.07, 6.45) is 0. The van der Waals surface area contributed by atoms with E-state index in [9.17, 15) is 13.6 Å². The smallest absolute Gasteiger partial charge is 0.254 e. The van der Waals surface area contributed by atoms with Crippen molar-refractivity contribution < 1.29 is 13.6 Å². The number of carbonyl (C=O) groups excluding carboxylic acids is 1. The quantitative estimate of drug-likeness (QED) is 0.842. The molecule has 1 atom stereocenters. The number of halogens is 3. The number of carbonyl (C=O) groups is 1. The summed E-state index contributed by atoms with van der Waals surface area (Å²) in [4.78, 5) is 12.0. The van der Waals surface area contributed by atoms with E-state index in [-0.39, 0.29) is 11.6 Å². The molecule has 0 saturated carbocycles. The molecule has 1 amide bonds. The summed E-state index contributed by atoms with van der Waals surface area (Å²) < 4.78 is 26.4. The van der Waals surface area contributed by atoms with E-state index in [0.29, 0.717) is 11.4 Å².